The van der Waals surface area contributed by atoms with Crippen molar-refractivity contribution in [1.29, 1.82) is 0 Å². The molecule has 5 heteroatoms. The van der Waals surface area contributed by atoms with Gasteiger partial charge in [-0.2, -0.15) is 0 Å². The molecule has 1 heterocycles. The number of ether oxygens (including phenoxy) is 1. The van der Waals surface area contributed by atoms with Gasteiger partial charge in [0.2, 0.25) is 0 Å². The van der Waals surface area contributed by atoms with Crippen LogP contribution < -0.4 is 4.74 Å². The third kappa shape index (κ3) is 3.60. The van der Waals surface area contributed by atoms with Crippen LogP contribution in [0.1, 0.15) is 11.1 Å². The molecule has 0 aliphatic heterocycles. The Morgan fingerprint density at radius 1 is 1.00 bits per heavy atom. The summed E-state index contributed by atoms with van der Waals surface area (Å²) in [5.41, 5.74) is 4.79. The molecule has 4 rings (SSSR count). The number of para-hydroxylation sites is 2. The molecule has 0 radical (unpaired) electrons. The minimum atomic E-state index is -0.261. The van der Waals surface area contributed by atoms with Gasteiger partial charge in [0, 0.05) is 10.6 Å². The molecule has 28 heavy (non-hydrogen) atoms. The lowest BCUT2D eigenvalue weighted by Crippen LogP contribution is -2.09. The Kier molecular flexibility index (Phi) is 5.05. The SMILES string of the molecule is Cc1cc(OCCn2c(-c3ccc(F)cc3)nc3ccccc32)cc(C)c1Cl. The van der Waals surface area contributed by atoms with Crippen molar-refractivity contribution in [2.45, 2.75) is 20.4 Å². The predicted octanol–water partition coefficient (Wildman–Crippen LogP) is 6.19. The second-order valence-electron chi connectivity index (χ2n) is 6.80. The van der Waals surface area contributed by atoms with Crippen molar-refractivity contribution in [2.24, 2.45) is 0 Å². The average molecular weight is 395 g/mol. The number of nitrogens with zero attached hydrogens (tertiary/aromatic N) is 2. The molecule has 0 N–H and O–H groups in total. The molecule has 0 atom stereocenters. The van der Waals surface area contributed by atoms with Crippen LogP contribution in [0.2, 0.25) is 5.02 Å². The lowest BCUT2D eigenvalue weighted by molar-refractivity contribution is 0.300. The summed E-state index contributed by atoms with van der Waals surface area (Å²) in [6.45, 7) is 5.04. The number of benzene rings is 3. The zero-order valence-electron chi connectivity index (χ0n) is 15.7. The van der Waals surface area contributed by atoms with E-state index in [2.05, 4.69) is 4.57 Å². The molecule has 0 aliphatic rings. The molecule has 0 saturated carbocycles. The van der Waals surface area contributed by atoms with E-state index in [0.717, 1.165) is 44.3 Å². The topological polar surface area (TPSA) is 27.1 Å². The quantitative estimate of drug-likeness (QED) is 0.403. The van der Waals surface area contributed by atoms with E-state index in [4.69, 9.17) is 21.3 Å². The van der Waals surface area contributed by atoms with Gasteiger partial charge in [-0.3, -0.25) is 0 Å². The first-order chi connectivity index (χ1) is 13.5. The molecule has 0 fully saturated rings. The molecule has 3 aromatic carbocycles. The van der Waals surface area contributed by atoms with Crippen molar-refractivity contribution in [1.82, 2.24) is 9.55 Å². The number of halogens is 2. The lowest BCUT2D eigenvalue weighted by atomic mass is 10.1. The highest BCUT2D eigenvalue weighted by Crippen LogP contribution is 2.27. The van der Waals surface area contributed by atoms with Crippen molar-refractivity contribution < 1.29 is 9.13 Å². The van der Waals surface area contributed by atoms with Crippen molar-refractivity contribution in [2.75, 3.05) is 6.61 Å². The number of aryl methyl sites for hydroxylation is 2. The summed E-state index contributed by atoms with van der Waals surface area (Å²) in [5, 5.41) is 0.770. The smallest absolute Gasteiger partial charge is 0.141 e. The van der Waals surface area contributed by atoms with Crippen LogP contribution in [-0.2, 0) is 6.54 Å². The molecule has 0 bridgehead atoms. The van der Waals surface area contributed by atoms with Crippen molar-refractivity contribution >= 4 is 22.6 Å². The van der Waals surface area contributed by atoms with Crippen LogP contribution in [0.25, 0.3) is 22.4 Å². The summed E-state index contributed by atoms with van der Waals surface area (Å²) in [4.78, 5) is 4.75. The Bertz CT molecular complexity index is 1110. The van der Waals surface area contributed by atoms with Gasteiger partial charge in [0.15, 0.2) is 0 Å². The molecule has 4 aromatic rings. The summed E-state index contributed by atoms with van der Waals surface area (Å²) in [5.74, 6) is 1.34. The molecule has 142 valence electrons. The third-order valence-corrected chi connectivity index (χ3v) is 5.35. The standard InChI is InChI=1S/C23H20ClFN2O/c1-15-13-19(14-16(2)22(15)24)28-12-11-27-21-6-4-3-5-20(21)26-23(27)17-7-9-18(25)10-8-17/h3-10,13-14H,11-12H2,1-2H3. The number of hydrogen-bond acceptors (Lipinski definition) is 2. The summed E-state index contributed by atoms with van der Waals surface area (Å²) in [6, 6.07) is 18.3. The van der Waals surface area contributed by atoms with Gasteiger partial charge in [-0.15, -0.1) is 0 Å². The maximum absolute atomic E-state index is 13.3. The second-order valence-corrected chi connectivity index (χ2v) is 7.18. The molecular weight excluding hydrogens is 375 g/mol. The highest BCUT2D eigenvalue weighted by atomic mass is 35.5. The third-order valence-electron chi connectivity index (χ3n) is 4.75. The van der Waals surface area contributed by atoms with Crippen LogP contribution in [0.5, 0.6) is 5.75 Å². The number of fused-ring (bicyclic) bond motifs is 1. The molecule has 0 unspecified atom stereocenters. The van der Waals surface area contributed by atoms with E-state index >= 15 is 0 Å². The van der Waals surface area contributed by atoms with Crippen molar-refractivity contribution in [3.05, 3.63) is 82.6 Å². The van der Waals surface area contributed by atoms with E-state index < -0.39 is 0 Å². The fourth-order valence-corrected chi connectivity index (χ4v) is 3.47. The Morgan fingerprint density at radius 3 is 2.39 bits per heavy atom. The van der Waals surface area contributed by atoms with Gasteiger partial charge in [0.1, 0.15) is 24.0 Å². The molecule has 0 spiro atoms. The molecule has 0 amide bonds. The van der Waals surface area contributed by atoms with Gasteiger partial charge in [0.05, 0.1) is 17.6 Å². The number of hydrogen-bond donors (Lipinski definition) is 0. The Hall–Kier alpha value is -2.85. The van der Waals surface area contributed by atoms with E-state index in [9.17, 15) is 4.39 Å². The van der Waals surface area contributed by atoms with Crippen LogP contribution in [0.3, 0.4) is 0 Å². The maximum Gasteiger partial charge on any atom is 0.141 e. The lowest BCUT2D eigenvalue weighted by Gasteiger charge is -2.13. The monoisotopic (exact) mass is 394 g/mol. The summed E-state index contributed by atoms with van der Waals surface area (Å²) < 4.78 is 21.4. The van der Waals surface area contributed by atoms with E-state index in [1.165, 1.54) is 12.1 Å². The van der Waals surface area contributed by atoms with Crippen LogP contribution in [-0.4, -0.2) is 16.2 Å². The fourth-order valence-electron chi connectivity index (χ4n) is 3.37. The fraction of sp³-hybridized carbons (Fsp3) is 0.174. The maximum atomic E-state index is 13.3. The molecule has 3 nitrogen and oxygen atoms in total. The largest absolute Gasteiger partial charge is 0.492 e. The van der Waals surface area contributed by atoms with Gasteiger partial charge in [-0.25, -0.2) is 9.37 Å². The summed E-state index contributed by atoms with van der Waals surface area (Å²) in [6.07, 6.45) is 0. The number of rotatable bonds is 5. The van der Waals surface area contributed by atoms with Gasteiger partial charge in [-0.1, -0.05) is 23.7 Å². The van der Waals surface area contributed by atoms with Gasteiger partial charge in [0.25, 0.3) is 0 Å². The minimum absolute atomic E-state index is 0.261. The summed E-state index contributed by atoms with van der Waals surface area (Å²) in [7, 11) is 0. The van der Waals surface area contributed by atoms with E-state index in [-0.39, 0.29) is 5.82 Å². The van der Waals surface area contributed by atoms with Crippen LogP contribution >= 0.6 is 11.6 Å². The van der Waals surface area contributed by atoms with Crippen LogP contribution in [0.4, 0.5) is 4.39 Å². The zero-order valence-corrected chi connectivity index (χ0v) is 16.5. The first-order valence-corrected chi connectivity index (χ1v) is 9.51. The second kappa shape index (κ2) is 7.64. The highest BCUT2D eigenvalue weighted by molar-refractivity contribution is 6.32. The minimum Gasteiger partial charge on any atom is -0.492 e. The Labute approximate surface area is 168 Å². The molecule has 1 aromatic heterocycles. The van der Waals surface area contributed by atoms with Gasteiger partial charge >= 0.3 is 0 Å². The molecule has 0 saturated heterocycles. The van der Waals surface area contributed by atoms with Gasteiger partial charge in [-0.05, 0) is 73.5 Å². The van der Waals surface area contributed by atoms with Crippen LogP contribution in [0, 0.1) is 19.7 Å². The van der Waals surface area contributed by atoms with E-state index in [1.807, 2.05) is 50.2 Å². The molecule has 0 aliphatic carbocycles. The average Bonchev–Trinajstić information content (AvgIpc) is 3.05. The van der Waals surface area contributed by atoms with E-state index in [0.29, 0.717) is 13.2 Å². The Balaban J connectivity index is 1.62. The van der Waals surface area contributed by atoms with Crippen molar-refractivity contribution in [3.8, 4) is 17.1 Å². The van der Waals surface area contributed by atoms with Crippen LogP contribution in [0.15, 0.2) is 60.7 Å². The zero-order chi connectivity index (χ0) is 19.7. The highest BCUT2D eigenvalue weighted by Gasteiger charge is 2.13. The Morgan fingerprint density at radius 2 is 1.68 bits per heavy atom. The first kappa shape index (κ1) is 18.5. The first-order valence-electron chi connectivity index (χ1n) is 9.13. The van der Waals surface area contributed by atoms with E-state index in [1.54, 1.807) is 12.1 Å². The van der Waals surface area contributed by atoms with Crippen molar-refractivity contribution in [3.63, 3.8) is 0 Å². The number of imidazole rings is 1. The van der Waals surface area contributed by atoms with Gasteiger partial charge < -0.3 is 9.30 Å². The predicted molar refractivity (Wildman–Crippen MR) is 112 cm³/mol. The molecular formula is C23H20ClFN2O. The summed E-state index contributed by atoms with van der Waals surface area (Å²) >= 11 is 6.24. The number of aromatic nitrogens is 2. The normalized spacial score (nSPS) is 11.1.